The number of benzene rings is 1. The second kappa shape index (κ2) is 9.77. The van der Waals surface area contributed by atoms with Crippen LogP contribution >= 0.6 is 11.6 Å². The second-order valence-corrected chi connectivity index (χ2v) is 11.3. The summed E-state index contributed by atoms with van der Waals surface area (Å²) in [5.74, 6) is 0.00319. The van der Waals surface area contributed by atoms with Crippen molar-refractivity contribution in [3.05, 3.63) is 57.9 Å². The number of nitrogens with zero attached hydrogens (tertiary/aromatic N) is 2. The first-order valence-electron chi connectivity index (χ1n) is 13.0. The van der Waals surface area contributed by atoms with Gasteiger partial charge in [0.25, 0.3) is 0 Å². The van der Waals surface area contributed by atoms with Gasteiger partial charge in [-0.3, -0.25) is 9.69 Å². The molecule has 5 rings (SSSR count). The molecule has 0 amide bonds. The molecule has 3 heterocycles. The average Bonchev–Trinajstić information content (AvgIpc) is 3.68. The fourth-order valence-corrected chi connectivity index (χ4v) is 6.32. The van der Waals surface area contributed by atoms with Gasteiger partial charge in [0.1, 0.15) is 17.0 Å². The van der Waals surface area contributed by atoms with Gasteiger partial charge in [0.15, 0.2) is 0 Å². The van der Waals surface area contributed by atoms with E-state index >= 15 is 0 Å². The third kappa shape index (κ3) is 5.32. The fraction of sp³-hybridized carbons (Fsp3) is 0.571. The van der Waals surface area contributed by atoms with Crippen molar-refractivity contribution in [2.45, 2.75) is 76.1 Å². The van der Waals surface area contributed by atoms with E-state index in [-0.39, 0.29) is 28.3 Å². The lowest BCUT2D eigenvalue weighted by molar-refractivity contribution is -0.142. The third-order valence-corrected chi connectivity index (χ3v) is 8.85. The van der Waals surface area contributed by atoms with Crippen molar-refractivity contribution < 1.29 is 27.8 Å². The van der Waals surface area contributed by atoms with Gasteiger partial charge in [-0.25, -0.2) is 4.98 Å². The Kier molecular flexibility index (Phi) is 6.94. The standard InChI is InChI=1S/C28H32ClF3N2O3/c1-16(26(35)36)24(19-4-5-19)20-6-3-18-9-10-27(37-22(18)15-20)11-13-34(14-12-27)17(2)25-21(29)7-8-23(33-25)28(30,31)32/h3,6-8,15-17,19,24H,4-5,9-14H2,1-2H3,(H,35,36). The lowest BCUT2D eigenvalue weighted by Gasteiger charge is -2.46. The number of aromatic nitrogens is 1. The Labute approximate surface area is 220 Å². The number of likely N-dealkylation sites (tertiary alicyclic amines) is 1. The normalized spacial score (nSPS) is 22.1. The van der Waals surface area contributed by atoms with Crippen molar-refractivity contribution in [2.75, 3.05) is 13.1 Å². The molecule has 9 heteroatoms. The number of carbonyl (C=O) groups is 1. The lowest BCUT2D eigenvalue weighted by Crippen LogP contribution is -2.50. The predicted molar refractivity (Wildman–Crippen MR) is 134 cm³/mol. The van der Waals surface area contributed by atoms with Crippen LogP contribution in [0.1, 0.15) is 80.4 Å². The number of piperidine rings is 1. The van der Waals surface area contributed by atoms with Crippen molar-refractivity contribution in [3.63, 3.8) is 0 Å². The highest BCUT2D eigenvalue weighted by molar-refractivity contribution is 6.31. The average molecular weight is 537 g/mol. The number of hydrogen-bond donors (Lipinski definition) is 1. The molecule has 5 nitrogen and oxygen atoms in total. The number of ether oxygens (including phenoxy) is 1. The van der Waals surface area contributed by atoms with Crippen molar-refractivity contribution in [3.8, 4) is 5.75 Å². The summed E-state index contributed by atoms with van der Waals surface area (Å²) in [6.45, 7) is 4.95. The minimum Gasteiger partial charge on any atom is -0.487 e. The highest BCUT2D eigenvalue weighted by Crippen LogP contribution is 2.49. The molecule has 0 bridgehead atoms. The number of carboxylic acid groups (broad SMARTS) is 1. The quantitative estimate of drug-likeness (QED) is 0.435. The van der Waals surface area contributed by atoms with Crippen LogP contribution in [0.4, 0.5) is 13.2 Å². The van der Waals surface area contributed by atoms with E-state index in [2.05, 4.69) is 28.1 Å². The molecule has 2 aromatic rings. The molecular weight excluding hydrogens is 505 g/mol. The zero-order valence-corrected chi connectivity index (χ0v) is 21.8. The summed E-state index contributed by atoms with van der Waals surface area (Å²) in [5.41, 5.74) is 1.15. The number of pyridine rings is 1. The highest BCUT2D eigenvalue weighted by Gasteiger charge is 2.43. The van der Waals surface area contributed by atoms with Crippen LogP contribution in [0.5, 0.6) is 5.75 Å². The third-order valence-electron chi connectivity index (χ3n) is 8.53. The second-order valence-electron chi connectivity index (χ2n) is 10.9. The van der Waals surface area contributed by atoms with Gasteiger partial charge in [0.2, 0.25) is 0 Å². The van der Waals surface area contributed by atoms with Crippen molar-refractivity contribution in [2.24, 2.45) is 11.8 Å². The molecule has 37 heavy (non-hydrogen) atoms. The van der Waals surface area contributed by atoms with Crippen molar-refractivity contribution in [1.82, 2.24) is 9.88 Å². The molecule has 1 saturated carbocycles. The van der Waals surface area contributed by atoms with Gasteiger partial charge in [-0.15, -0.1) is 0 Å². The molecule has 200 valence electrons. The van der Waals surface area contributed by atoms with E-state index in [1.54, 1.807) is 6.92 Å². The van der Waals surface area contributed by atoms with E-state index in [9.17, 15) is 23.1 Å². The van der Waals surface area contributed by atoms with Gasteiger partial charge in [-0.1, -0.05) is 30.7 Å². The molecule has 1 saturated heterocycles. The molecule has 1 spiro atoms. The molecule has 1 aromatic heterocycles. The number of fused-ring (bicyclic) bond motifs is 1. The van der Waals surface area contributed by atoms with Crippen LogP contribution in [0, 0.1) is 11.8 Å². The first kappa shape index (κ1) is 26.3. The first-order valence-corrected chi connectivity index (χ1v) is 13.4. The lowest BCUT2D eigenvalue weighted by atomic mass is 9.80. The maximum absolute atomic E-state index is 13.2. The minimum absolute atomic E-state index is 0.0170. The molecule has 3 atom stereocenters. The van der Waals surface area contributed by atoms with Crippen LogP contribution in [0.3, 0.4) is 0 Å². The molecule has 3 aliphatic rings. The number of aryl methyl sites for hydroxylation is 1. The van der Waals surface area contributed by atoms with Crippen LogP contribution in [0.2, 0.25) is 5.02 Å². The smallest absolute Gasteiger partial charge is 0.433 e. The Hall–Kier alpha value is -2.32. The zero-order valence-electron chi connectivity index (χ0n) is 21.0. The van der Waals surface area contributed by atoms with Crippen LogP contribution in [0.15, 0.2) is 30.3 Å². The summed E-state index contributed by atoms with van der Waals surface area (Å²) in [6, 6.07) is 8.04. The van der Waals surface area contributed by atoms with Gasteiger partial charge in [0, 0.05) is 13.1 Å². The van der Waals surface area contributed by atoms with E-state index in [1.807, 2.05) is 6.92 Å². The van der Waals surface area contributed by atoms with Gasteiger partial charge < -0.3 is 9.84 Å². The molecule has 3 unspecified atom stereocenters. The Morgan fingerprint density at radius 1 is 1.16 bits per heavy atom. The number of aliphatic carboxylic acids is 1. The maximum Gasteiger partial charge on any atom is 0.433 e. The number of alkyl halides is 3. The van der Waals surface area contributed by atoms with Gasteiger partial charge >= 0.3 is 12.1 Å². The molecule has 1 N–H and O–H groups in total. The molecule has 2 fully saturated rings. The molecule has 1 aliphatic carbocycles. The van der Waals surface area contributed by atoms with Crippen molar-refractivity contribution in [1.29, 1.82) is 0 Å². The molecule has 2 aliphatic heterocycles. The molecule has 0 radical (unpaired) electrons. The minimum atomic E-state index is -4.52. The monoisotopic (exact) mass is 536 g/mol. The van der Waals surface area contributed by atoms with Gasteiger partial charge in [-0.2, -0.15) is 13.2 Å². The summed E-state index contributed by atoms with van der Waals surface area (Å²) in [4.78, 5) is 17.7. The Bertz CT molecular complexity index is 1180. The maximum atomic E-state index is 13.2. The Morgan fingerprint density at radius 3 is 2.49 bits per heavy atom. The highest BCUT2D eigenvalue weighted by atomic mass is 35.5. The van der Waals surface area contributed by atoms with E-state index < -0.39 is 23.8 Å². The summed E-state index contributed by atoms with van der Waals surface area (Å²) in [5, 5.41) is 9.88. The number of hydrogen-bond acceptors (Lipinski definition) is 4. The summed E-state index contributed by atoms with van der Waals surface area (Å²) >= 11 is 6.25. The predicted octanol–water partition coefficient (Wildman–Crippen LogP) is 6.89. The van der Waals surface area contributed by atoms with Crippen LogP contribution in [0.25, 0.3) is 0 Å². The molecular formula is C28H32ClF3N2O3. The number of halogens is 4. The number of rotatable bonds is 6. The number of carboxylic acids is 1. The van der Waals surface area contributed by atoms with Crippen LogP contribution < -0.4 is 4.74 Å². The van der Waals surface area contributed by atoms with Gasteiger partial charge in [0.05, 0.1) is 22.7 Å². The van der Waals surface area contributed by atoms with Crippen LogP contribution in [-0.2, 0) is 17.4 Å². The largest absolute Gasteiger partial charge is 0.487 e. The fourth-order valence-electron chi connectivity index (χ4n) is 6.06. The summed E-state index contributed by atoms with van der Waals surface area (Å²) < 4.78 is 46.3. The Morgan fingerprint density at radius 2 is 1.86 bits per heavy atom. The topological polar surface area (TPSA) is 62.7 Å². The van der Waals surface area contributed by atoms with E-state index in [0.29, 0.717) is 19.0 Å². The van der Waals surface area contributed by atoms with Crippen molar-refractivity contribution >= 4 is 17.6 Å². The van der Waals surface area contributed by atoms with E-state index in [0.717, 1.165) is 61.5 Å². The van der Waals surface area contributed by atoms with Crippen LogP contribution in [-0.4, -0.2) is 39.7 Å². The van der Waals surface area contributed by atoms with E-state index in [1.165, 1.54) is 6.07 Å². The SMILES string of the molecule is CC(C(=O)O)C(c1ccc2c(c1)OC1(CC2)CCN(C(C)c2nc(C(F)(F)F)ccc2Cl)CC1)C1CC1. The zero-order chi connectivity index (χ0) is 26.5. The Balaban J connectivity index is 1.30. The summed E-state index contributed by atoms with van der Waals surface area (Å²) in [7, 11) is 0. The first-order chi connectivity index (χ1) is 17.5. The van der Waals surface area contributed by atoms with Gasteiger partial charge in [-0.05, 0) is 86.6 Å². The summed E-state index contributed by atoms with van der Waals surface area (Å²) in [6.07, 6.45) is 0.848. The molecule has 1 aromatic carbocycles. The van der Waals surface area contributed by atoms with E-state index in [4.69, 9.17) is 16.3 Å².